The summed E-state index contributed by atoms with van der Waals surface area (Å²) in [5.74, 6) is -1.33. The van der Waals surface area contributed by atoms with Gasteiger partial charge in [-0.1, -0.05) is 17.7 Å². The fourth-order valence-corrected chi connectivity index (χ4v) is 2.10. The van der Waals surface area contributed by atoms with E-state index in [9.17, 15) is 14.0 Å². The quantitative estimate of drug-likeness (QED) is 0.790. The average Bonchev–Trinajstić information content (AvgIpc) is 2.54. The van der Waals surface area contributed by atoms with E-state index in [1.807, 2.05) is 0 Å². The molecule has 132 valence electrons. The van der Waals surface area contributed by atoms with E-state index in [0.717, 1.165) is 0 Å². The molecule has 0 saturated carbocycles. The maximum absolute atomic E-state index is 12.9. The highest BCUT2D eigenvalue weighted by Crippen LogP contribution is 2.20. The Hall–Kier alpha value is -2.60. The second-order valence-electron chi connectivity index (χ2n) is 5.70. The summed E-state index contributed by atoms with van der Waals surface area (Å²) in [6.45, 7) is 2.52. The van der Waals surface area contributed by atoms with Crippen molar-refractivity contribution in [2.24, 2.45) is 0 Å². The van der Waals surface area contributed by atoms with Crippen LogP contribution in [0.4, 0.5) is 10.1 Å². The van der Waals surface area contributed by atoms with Gasteiger partial charge in [0, 0.05) is 10.7 Å². The Morgan fingerprint density at radius 1 is 1.16 bits per heavy atom. The first-order valence-electron chi connectivity index (χ1n) is 7.43. The van der Waals surface area contributed by atoms with Gasteiger partial charge < -0.3 is 14.8 Å². The highest BCUT2D eigenvalue weighted by molar-refractivity contribution is 6.30. The molecule has 5 nitrogen and oxygen atoms in total. The number of benzene rings is 2. The molecule has 0 aliphatic heterocycles. The van der Waals surface area contributed by atoms with E-state index < -0.39 is 29.9 Å². The Balaban J connectivity index is 1.87. The van der Waals surface area contributed by atoms with Gasteiger partial charge in [-0.05, 0) is 56.3 Å². The lowest BCUT2D eigenvalue weighted by molar-refractivity contribution is -0.161. The van der Waals surface area contributed by atoms with Crippen molar-refractivity contribution in [3.8, 4) is 5.75 Å². The number of nitrogens with one attached hydrogen (secondary N) is 1. The summed E-state index contributed by atoms with van der Waals surface area (Å²) in [4.78, 5) is 24.0. The molecule has 0 bridgehead atoms. The van der Waals surface area contributed by atoms with Crippen LogP contribution < -0.4 is 10.1 Å². The number of carbonyl (C=O) groups excluding carboxylic acids is 2. The van der Waals surface area contributed by atoms with Crippen molar-refractivity contribution in [2.45, 2.75) is 19.4 Å². The second kappa shape index (κ2) is 7.98. The van der Waals surface area contributed by atoms with Gasteiger partial charge in [0.25, 0.3) is 5.91 Å². The van der Waals surface area contributed by atoms with Gasteiger partial charge in [0.05, 0.1) is 0 Å². The molecule has 0 fully saturated rings. The van der Waals surface area contributed by atoms with Crippen LogP contribution in [0.3, 0.4) is 0 Å². The fraction of sp³-hybridized carbons (Fsp3) is 0.222. The fourth-order valence-electron chi connectivity index (χ4n) is 1.91. The summed E-state index contributed by atoms with van der Waals surface area (Å²) in [5, 5.41) is 3.04. The van der Waals surface area contributed by atoms with E-state index in [2.05, 4.69) is 5.32 Å². The summed E-state index contributed by atoms with van der Waals surface area (Å²) in [6, 6.07) is 11.8. The van der Waals surface area contributed by atoms with Crippen molar-refractivity contribution in [1.29, 1.82) is 0 Å². The smallest absolute Gasteiger partial charge is 0.350 e. The number of ether oxygens (including phenoxy) is 2. The van der Waals surface area contributed by atoms with Gasteiger partial charge in [-0.15, -0.1) is 0 Å². The van der Waals surface area contributed by atoms with Gasteiger partial charge in [-0.3, -0.25) is 4.79 Å². The Kier molecular flexibility index (Phi) is 5.98. The first-order chi connectivity index (χ1) is 11.8. The van der Waals surface area contributed by atoms with Crippen LogP contribution in [-0.2, 0) is 14.3 Å². The third-order valence-electron chi connectivity index (χ3n) is 3.12. The number of hydrogen-bond acceptors (Lipinski definition) is 4. The largest absolute Gasteiger partial charge is 0.476 e. The van der Waals surface area contributed by atoms with Crippen LogP contribution in [0.1, 0.15) is 13.8 Å². The zero-order valence-electron chi connectivity index (χ0n) is 13.7. The van der Waals surface area contributed by atoms with Crippen molar-refractivity contribution in [3.63, 3.8) is 0 Å². The zero-order valence-corrected chi connectivity index (χ0v) is 14.5. The minimum Gasteiger partial charge on any atom is -0.476 e. The minimum atomic E-state index is -1.34. The number of anilines is 1. The van der Waals surface area contributed by atoms with Gasteiger partial charge in [0.2, 0.25) is 0 Å². The summed E-state index contributed by atoms with van der Waals surface area (Å²) in [5.41, 5.74) is -0.843. The third kappa shape index (κ3) is 5.76. The number of amides is 1. The molecule has 0 aliphatic carbocycles. The van der Waals surface area contributed by atoms with E-state index in [1.165, 1.54) is 38.1 Å². The molecule has 0 atom stereocenters. The summed E-state index contributed by atoms with van der Waals surface area (Å²) in [7, 11) is 0. The Bertz CT molecular complexity index is 762. The minimum absolute atomic E-state index is 0.312. The van der Waals surface area contributed by atoms with E-state index in [1.54, 1.807) is 24.3 Å². The molecule has 1 amide bonds. The topological polar surface area (TPSA) is 64.6 Å². The first kappa shape index (κ1) is 18.7. The van der Waals surface area contributed by atoms with Crippen LogP contribution in [0.2, 0.25) is 5.02 Å². The molecule has 0 heterocycles. The SMILES string of the molecule is CC(C)(Oc1ccc(F)cc1)C(=O)OCC(=O)Nc1cccc(Cl)c1. The molecule has 25 heavy (non-hydrogen) atoms. The van der Waals surface area contributed by atoms with Crippen LogP contribution in [0.25, 0.3) is 0 Å². The van der Waals surface area contributed by atoms with Crippen molar-refractivity contribution in [1.82, 2.24) is 0 Å². The molecule has 0 aliphatic rings. The third-order valence-corrected chi connectivity index (χ3v) is 3.36. The molecule has 0 aromatic heterocycles. The summed E-state index contributed by atoms with van der Waals surface area (Å²) in [6.07, 6.45) is 0. The van der Waals surface area contributed by atoms with Crippen LogP contribution in [0.5, 0.6) is 5.75 Å². The van der Waals surface area contributed by atoms with Crippen LogP contribution in [-0.4, -0.2) is 24.1 Å². The van der Waals surface area contributed by atoms with Gasteiger partial charge >= 0.3 is 5.97 Å². The molecule has 2 rings (SSSR count). The number of hydrogen-bond donors (Lipinski definition) is 1. The predicted octanol–water partition coefficient (Wildman–Crippen LogP) is 3.82. The number of halogens is 2. The molecule has 0 unspecified atom stereocenters. The highest BCUT2D eigenvalue weighted by atomic mass is 35.5. The van der Waals surface area contributed by atoms with E-state index >= 15 is 0 Å². The number of carbonyl (C=O) groups is 2. The van der Waals surface area contributed by atoms with E-state index in [0.29, 0.717) is 16.5 Å². The van der Waals surface area contributed by atoms with Crippen molar-refractivity contribution >= 4 is 29.2 Å². The van der Waals surface area contributed by atoms with Crippen molar-refractivity contribution < 1.29 is 23.5 Å². The van der Waals surface area contributed by atoms with Gasteiger partial charge in [-0.25, -0.2) is 9.18 Å². The lowest BCUT2D eigenvalue weighted by atomic mass is 10.1. The molecule has 0 saturated heterocycles. The molecule has 2 aromatic rings. The van der Waals surface area contributed by atoms with Crippen LogP contribution >= 0.6 is 11.6 Å². The maximum Gasteiger partial charge on any atom is 0.350 e. The molecular weight excluding hydrogens is 349 g/mol. The lowest BCUT2D eigenvalue weighted by Crippen LogP contribution is -2.41. The summed E-state index contributed by atoms with van der Waals surface area (Å²) >= 11 is 5.83. The zero-order chi connectivity index (χ0) is 18.4. The molecule has 7 heteroatoms. The maximum atomic E-state index is 12.9. The highest BCUT2D eigenvalue weighted by Gasteiger charge is 2.32. The Morgan fingerprint density at radius 2 is 1.84 bits per heavy atom. The normalized spacial score (nSPS) is 10.9. The number of esters is 1. The molecule has 1 N–H and O–H groups in total. The van der Waals surface area contributed by atoms with E-state index in [-0.39, 0.29) is 0 Å². The van der Waals surface area contributed by atoms with Gasteiger partial charge in [-0.2, -0.15) is 0 Å². The van der Waals surface area contributed by atoms with Crippen molar-refractivity contribution in [2.75, 3.05) is 11.9 Å². The first-order valence-corrected chi connectivity index (χ1v) is 7.81. The Labute approximate surface area is 149 Å². The van der Waals surface area contributed by atoms with Crippen LogP contribution in [0.15, 0.2) is 48.5 Å². The molecular formula is C18H17ClFNO4. The second-order valence-corrected chi connectivity index (χ2v) is 6.14. The predicted molar refractivity (Wildman–Crippen MR) is 92.1 cm³/mol. The molecule has 2 aromatic carbocycles. The van der Waals surface area contributed by atoms with Crippen molar-refractivity contribution in [3.05, 3.63) is 59.4 Å². The Morgan fingerprint density at radius 3 is 2.48 bits per heavy atom. The summed E-state index contributed by atoms with van der Waals surface area (Å²) < 4.78 is 23.4. The lowest BCUT2D eigenvalue weighted by Gasteiger charge is -2.24. The monoisotopic (exact) mass is 365 g/mol. The number of rotatable bonds is 6. The molecule has 0 spiro atoms. The average molecular weight is 366 g/mol. The van der Waals surface area contributed by atoms with Crippen LogP contribution in [0, 0.1) is 5.82 Å². The molecule has 0 radical (unpaired) electrons. The van der Waals surface area contributed by atoms with Gasteiger partial charge in [0.15, 0.2) is 12.2 Å². The van der Waals surface area contributed by atoms with E-state index in [4.69, 9.17) is 21.1 Å². The standard InChI is InChI=1S/C18H17ClFNO4/c1-18(2,25-15-8-6-13(20)7-9-15)17(23)24-11-16(22)21-14-5-3-4-12(19)10-14/h3-10H,11H2,1-2H3,(H,21,22). The van der Waals surface area contributed by atoms with Gasteiger partial charge in [0.1, 0.15) is 11.6 Å².